The summed E-state index contributed by atoms with van der Waals surface area (Å²) in [7, 11) is -2.18. The van der Waals surface area contributed by atoms with E-state index < -0.39 is 10.0 Å². The number of nitrogens with zero attached hydrogens (tertiary/aromatic N) is 2. The maximum atomic E-state index is 12.0. The first-order chi connectivity index (χ1) is 7.54. The van der Waals surface area contributed by atoms with Crippen molar-refractivity contribution in [2.45, 2.75) is 4.90 Å². The lowest BCUT2D eigenvalue weighted by atomic mass is 10.2. The van der Waals surface area contributed by atoms with E-state index in [9.17, 15) is 8.42 Å². The summed E-state index contributed by atoms with van der Waals surface area (Å²) < 4.78 is 25.2. The Morgan fingerprint density at radius 3 is 2.62 bits per heavy atom. The van der Waals surface area contributed by atoms with Gasteiger partial charge in [-0.1, -0.05) is 12.1 Å². The van der Waals surface area contributed by atoms with Crippen LogP contribution in [0, 0.1) is 11.3 Å². The fourth-order valence-corrected chi connectivity index (χ4v) is 2.85. The minimum atomic E-state index is -3.62. The molecule has 1 aromatic carbocycles. The summed E-state index contributed by atoms with van der Waals surface area (Å²) in [5, 5.41) is 8.83. The van der Waals surface area contributed by atoms with Gasteiger partial charge in [-0.05, 0) is 12.1 Å². The first-order valence-corrected chi connectivity index (χ1v) is 6.53. The molecule has 0 N–H and O–H groups in total. The van der Waals surface area contributed by atoms with Crippen LogP contribution in [0.5, 0.6) is 0 Å². The molecule has 6 heteroatoms. The number of nitriles is 1. The van der Waals surface area contributed by atoms with Gasteiger partial charge in [0.2, 0.25) is 10.0 Å². The van der Waals surface area contributed by atoms with Gasteiger partial charge >= 0.3 is 0 Å². The Balaban J connectivity index is 3.23. The van der Waals surface area contributed by atoms with E-state index in [1.165, 1.54) is 19.2 Å². The van der Waals surface area contributed by atoms with Gasteiger partial charge in [0.25, 0.3) is 0 Å². The SMILES string of the molecule is CN(CCCl)S(=O)(=O)c1ccccc1C#N. The van der Waals surface area contributed by atoms with Crippen LogP contribution in [0.15, 0.2) is 29.2 Å². The van der Waals surface area contributed by atoms with E-state index in [0.29, 0.717) is 0 Å². The zero-order valence-electron chi connectivity index (χ0n) is 8.72. The van der Waals surface area contributed by atoms with Gasteiger partial charge in [0, 0.05) is 19.5 Å². The van der Waals surface area contributed by atoms with E-state index in [1.807, 2.05) is 6.07 Å². The lowest BCUT2D eigenvalue weighted by molar-refractivity contribution is 0.487. The van der Waals surface area contributed by atoms with Crippen LogP contribution in [0.25, 0.3) is 0 Å². The van der Waals surface area contributed by atoms with Crippen molar-refractivity contribution in [3.8, 4) is 6.07 Å². The van der Waals surface area contributed by atoms with E-state index in [1.54, 1.807) is 12.1 Å². The van der Waals surface area contributed by atoms with Crippen molar-refractivity contribution in [2.24, 2.45) is 0 Å². The van der Waals surface area contributed by atoms with Gasteiger partial charge in [-0.2, -0.15) is 9.57 Å². The van der Waals surface area contributed by atoms with Crippen molar-refractivity contribution in [1.82, 2.24) is 4.31 Å². The third-order valence-corrected chi connectivity index (χ3v) is 4.18. The second-order valence-corrected chi connectivity index (χ2v) is 5.51. The molecule has 0 atom stereocenters. The van der Waals surface area contributed by atoms with Crippen LogP contribution in [-0.2, 0) is 10.0 Å². The quantitative estimate of drug-likeness (QED) is 0.768. The highest BCUT2D eigenvalue weighted by Crippen LogP contribution is 2.18. The Bertz CT molecular complexity index is 508. The van der Waals surface area contributed by atoms with Gasteiger partial charge in [-0.15, -0.1) is 11.6 Å². The Labute approximate surface area is 100 Å². The van der Waals surface area contributed by atoms with Gasteiger partial charge in [0.05, 0.1) is 10.5 Å². The smallest absolute Gasteiger partial charge is 0.207 e. The molecule has 0 saturated carbocycles. The lowest BCUT2D eigenvalue weighted by Gasteiger charge is -2.16. The van der Waals surface area contributed by atoms with Gasteiger partial charge < -0.3 is 0 Å². The number of hydrogen-bond acceptors (Lipinski definition) is 3. The molecule has 0 aromatic heterocycles. The third-order valence-electron chi connectivity index (χ3n) is 2.10. The molecule has 0 amide bonds. The maximum absolute atomic E-state index is 12.0. The van der Waals surface area contributed by atoms with Crippen LogP contribution in [0.4, 0.5) is 0 Å². The normalized spacial score (nSPS) is 11.4. The molecule has 0 aliphatic rings. The highest BCUT2D eigenvalue weighted by molar-refractivity contribution is 7.89. The van der Waals surface area contributed by atoms with Gasteiger partial charge in [-0.25, -0.2) is 8.42 Å². The number of benzene rings is 1. The van der Waals surface area contributed by atoms with Crippen LogP contribution in [-0.4, -0.2) is 32.2 Å². The second kappa shape index (κ2) is 5.30. The first kappa shape index (κ1) is 13.0. The van der Waals surface area contributed by atoms with E-state index in [2.05, 4.69) is 0 Å². The number of halogens is 1. The summed E-state index contributed by atoms with van der Waals surface area (Å²) in [6.45, 7) is 0.212. The summed E-state index contributed by atoms with van der Waals surface area (Å²) in [5.41, 5.74) is 0.143. The summed E-state index contributed by atoms with van der Waals surface area (Å²) in [5.74, 6) is 0.213. The van der Waals surface area contributed by atoms with Crippen LogP contribution < -0.4 is 0 Å². The molecular formula is C10H11ClN2O2S. The molecule has 0 fully saturated rings. The molecule has 0 aliphatic heterocycles. The summed E-state index contributed by atoms with van der Waals surface area (Å²) >= 11 is 5.49. The predicted molar refractivity (Wildman–Crippen MR) is 61.7 cm³/mol. The van der Waals surface area contributed by atoms with E-state index in [-0.39, 0.29) is 22.9 Å². The van der Waals surface area contributed by atoms with E-state index in [4.69, 9.17) is 16.9 Å². The monoisotopic (exact) mass is 258 g/mol. The Hall–Kier alpha value is -1.09. The average Bonchev–Trinajstić information content (AvgIpc) is 2.29. The fraction of sp³-hybridized carbons (Fsp3) is 0.300. The predicted octanol–water partition coefficient (Wildman–Crippen LogP) is 1.42. The highest BCUT2D eigenvalue weighted by Gasteiger charge is 2.22. The molecule has 86 valence electrons. The van der Waals surface area contributed by atoms with Gasteiger partial charge in [-0.3, -0.25) is 0 Å². The first-order valence-electron chi connectivity index (χ1n) is 4.55. The Morgan fingerprint density at radius 2 is 2.06 bits per heavy atom. The molecule has 0 spiro atoms. The Kier molecular flexibility index (Phi) is 4.30. The number of hydrogen-bond donors (Lipinski definition) is 0. The summed E-state index contributed by atoms with van der Waals surface area (Å²) in [6, 6.07) is 7.96. The molecule has 0 aliphatic carbocycles. The average molecular weight is 259 g/mol. The number of alkyl halides is 1. The number of sulfonamides is 1. The van der Waals surface area contributed by atoms with Crippen molar-refractivity contribution < 1.29 is 8.42 Å². The summed E-state index contributed by atoms with van der Waals surface area (Å²) in [6.07, 6.45) is 0. The zero-order valence-corrected chi connectivity index (χ0v) is 10.3. The third kappa shape index (κ3) is 2.53. The van der Waals surface area contributed by atoms with Crippen molar-refractivity contribution in [3.63, 3.8) is 0 Å². The lowest BCUT2D eigenvalue weighted by Crippen LogP contribution is -2.29. The molecular weight excluding hydrogens is 248 g/mol. The summed E-state index contributed by atoms with van der Waals surface area (Å²) in [4.78, 5) is 0.0186. The molecule has 4 nitrogen and oxygen atoms in total. The largest absolute Gasteiger partial charge is 0.244 e. The van der Waals surface area contributed by atoms with Crippen LogP contribution in [0.3, 0.4) is 0 Å². The second-order valence-electron chi connectivity index (χ2n) is 3.12. The van der Waals surface area contributed by atoms with Crippen molar-refractivity contribution >= 4 is 21.6 Å². The van der Waals surface area contributed by atoms with Crippen LogP contribution in [0.1, 0.15) is 5.56 Å². The van der Waals surface area contributed by atoms with Crippen LogP contribution in [0.2, 0.25) is 0 Å². The molecule has 0 bridgehead atoms. The number of rotatable bonds is 4. The van der Waals surface area contributed by atoms with Crippen molar-refractivity contribution in [2.75, 3.05) is 19.5 Å². The molecule has 0 saturated heterocycles. The van der Waals surface area contributed by atoms with Gasteiger partial charge in [0.15, 0.2) is 0 Å². The van der Waals surface area contributed by atoms with E-state index >= 15 is 0 Å². The highest BCUT2D eigenvalue weighted by atomic mass is 35.5. The van der Waals surface area contributed by atoms with Crippen molar-refractivity contribution in [1.29, 1.82) is 5.26 Å². The molecule has 0 unspecified atom stereocenters. The zero-order chi connectivity index (χ0) is 12.2. The molecule has 0 radical (unpaired) electrons. The molecule has 1 aromatic rings. The standard InChI is InChI=1S/C10H11ClN2O2S/c1-13(7-6-11)16(14,15)10-5-3-2-4-9(10)8-12/h2-5H,6-7H2,1H3. The fourth-order valence-electron chi connectivity index (χ4n) is 1.19. The molecule has 0 heterocycles. The van der Waals surface area contributed by atoms with E-state index in [0.717, 1.165) is 4.31 Å². The minimum Gasteiger partial charge on any atom is -0.207 e. The topological polar surface area (TPSA) is 61.2 Å². The maximum Gasteiger partial charge on any atom is 0.244 e. The molecule has 16 heavy (non-hydrogen) atoms. The van der Waals surface area contributed by atoms with Crippen molar-refractivity contribution in [3.05, 3.63) is 29.8 Å². The minimum absolute atomic E-state index is 0.0186. The van der Waals surface area contributed by atoms with Crippen LogP contribution >= 0.6 is 11.6 Å². The molecule has 1 rings (SSSR count). The Morgan fingerprint density at radius 1 is 1.44 bits per heavy atom. The van der Waals surface area contributed by atoms with Gasteiger partial charge in [0.1, 0.15) is 6.07 Å².